The monoisotopic (exact) mass is 395 g/mol. The van der Waals surface area contributed by atoms with Gasteiger partial charge in [-0.2, -0.15) is 0 Å². The molecule has 144 valence electrons. The Bertz CT molecular complexity index is 1010. The SMILES string of the molecule is CC(=O)c1ccc(OCC(=O)Nc2ccc3nc(N4CCCC4)sc3c2)cc1. The summed E-state index contributed by atoms with van der Waals surface area (Å²) < 4.78 is 6.55. The maximum Gasteiger partial charge on any atom is 0.262 e. The molecular weight excluding hydrogens is 374 g/mol. The molecule has 0 aliphatic carbocycles. The molecule has 0 bridgehead atoms. The van der Waals surface area contributed by atoms with Crippen molar-refractivity contribution in [3.8, 4) is 5.75 Å². The molecule has 3 aromatic rings. The highest BCUT2D eigenvalue weighted by atomic mass is 32.1. The number of Topliss-reactive ketones (excluding diaryl/α,β-unsaturated/α-hetero) is 1. The number of hydrogen-bond acceptors (Lipinski definition) is 6. The fraction of sp³-hybridized carbons (Fsp3) is 0.286. The van der Waals surface area contributed by atoms with Gasteiger partial charge >= 0.3 is 0 Å². The van der Waals surface area contributed by atoms with Crippen molar-refractivity contribution in [1.29, 1.82) is 0 Å². The molecule has 7 heteroatoms. The van der Waals surface area contributed by atoms with Gasteiger partial charge in [-0.05, 0) is 62.2 Å². The van der Waals surface area contributed by atoms with Crippen LogP contribution in [0.2, 0.25) is 0 Å². The quantitative estimate of drug-likeness (QED) is 0.636. The van der Waals surface area contributed by atoms with E-state index >= 15 is 0 Å². The van der Waals surface area contributed by atoms with Gasteiger partial charge in [0.2, 0.25) is 0 Å². The second-order valence-electron chi connectivity index (χ2n) is 6.79. The van der Waals surface area contributed by atoms with Crippen LogP contribution in [0.1, 0.15) is 30.1 Å². The molecule has 1 aliphatic rings. The number of ether oxygens (including phenoxy) is 1. The number of carbonyl (C=O) groups is 2. The van der Waals surface area contributed by atoms with Crippen molar-refractivity contribution in [3.63, 3.8) is 0 Å². The Balaban J connectivity index is 1.37. The van der Waals surface area contributed by atoms with Crippen molar-refractivity contribution in [2.75, 3.05) is 29.9 Å². The number of fused-ring (bicyclic) bond motifs is 1. The van der Waals surface area contributed by atoms with Gasteiger partial charge in [-0.15, -0.1) is 0 Å². The first-order valence-corrected chi connectivity index (χ1v) is 10.1. The van der Waals surface area contributed by atoms with Crippen LogP contribution in [-0.2, 0) is 4.79 Å². The zero-order valence-corrected chi connectivity index (χ0v) is 16.4. The van der Waals surface area contributed by atoms with Crippen molar-refractivity contribution >= 4 is 44.1 Å². The number of amides is 1. The first-order chi connectivity index (χ1) is 13.6. The minimum atomic E-state index is -0.237. The number of anilines is 2. The molecule has 0 atom stereocenters. The summed E-state index contributed by atoms with van der Waals surface area (Å²) in [6.45, 7) is 3.54. The first-order valence-electron chi connectivity index (χ1n) is 9.28. The predicted molar refractivity (Wildman–Crippen MR) is 112 cm³/mol. The molecule has 0 saturated carbocycles. The molecule has 4 rings (SSSR count). The van der Waals surface area contributed by atoms with E-state index in [0.29, 0.717) is 11.3 Å². The Morgan fingerprint density at radius 3 is 2.61 bits per heavy atom. The van der Waals surface area contributed by atoms with E-state index in [2.05, 4.69) is 10.2 Å². The standard InChI is InChI=1S/C21H21N3O3S/c1-14(25)15-4-7-17(8-5-15)27-13-20(26)22-16-6-9-18-19(12-16)28-21(23-18)24-10-2-3-11-24/h4-9,12H,2-3,10-11,13H2,1H3,(H,22,26). The third-order valence-electron chi connectivity index (χ3n) is 4.67. The molecule has 1 aliphatic heterocycles. The third kappa shape index (κ3) is 4.14. The Morgan fingerprint density at radius 1 is 1.14 bits per heavy atom. The number of nitrogens with zero attached hydrogens (tertiary/aromatic N) is 2. The van der Waals surface area contributed by atoms with Gasteiger partial charge in [0.15, 0.2) is 17.5 Å². The molecule has 1 amide bonds. The minimum absolute atomic E-state index is 0.00404. The van der Waals surface area contributed by atoms with Gasteiger partial charge in [0.05, 0.1) is 10.2 Å². The number of carbonyl (C=O) groups excluding carboxylic acids is 2. The van der Waals surface area contributed by atoms with Gasteiger partial charge in [0.25, 0.3) is 5.91 Å². The molecule has 0 spiro atoms. The van der Waals surface area contributed by atoms with Crippen LogP contribution in [0.15, 0.2) is 42.5 Å². The summed E-state index contributed by atoms with van der Waals surface area (Å²) in [6.07, 6.45) is 2.43. The molecule has 0 radical (unpaired) electrons. The average Bonchev–Trinajstić information content (AvgIpc) is 3.35. The largest absolute Gasteiger partial charge is 0.484 e. The summed E-state index contributed by atoms with van der Waals surface area (Å²) in [6, 6.07) is 12.5. The van der Waals surface area contributed by atoms with E-state index in [-0.39, 0.29) is 18.3 Å². The number of benzene rings is 2. The Kier molecular flexibility index (Phi) is 5.25. The van der Waals surface area contributed by atoms with Crippen LogP contribution in [0, 0.1) is 0 Å². The van der Waals surface area contributed by atoms with Gasteiger partial charge in [-0.3, -0.25) is 9.59 Å². The van der Waals surface area contributed by atoms with Gasteiger partial charge < -0.3 is 15.0 Å². The van der Waals surface area contributed by atoms with Crippen LogP contribution in [-0.4, -0.2) is 36.4 Å². The van der Waals surface area contributed by atoms with E-state index < -0.39 is 0 Å². The Labute approximate surface area is 167 Å². The second-order valence-corrected chi connectivity index (χ2v) is 7.80. The number of aromatic nitrogens is 1. The van der Waals surface area contributed by atoms with Crippen molar-refractivity contribution in [3.05, 3.63) is 48.0 Å². The van der Waals surface area contributed by atoms with E-state index in [4.69, 9.17) is 9.72 Å². The van der Waals surface area contributed by atoms with Crippen LogP contribution in [0.5, 0.6) is 5.75 Å². The fourth-order valence-corrected chi connectivity index (χ4v) is 4.22. The fourth-order valence-electron chi connectivity index (χ4n) is 3.17. The smallest absolute Gasteiger partial charge is 0.262 e. The lowest BCUT2D eigenvalue weighted by atomic mass is 10.1. The van der Waals surface area contributed by atoms with Crippen LogP contribution < -0.4 is 15.0 Å². The molecular formula is C21H21N3O3S. The van der Waals surface area contributed by atoms with Crippen LogP contribution in [0.4, 0.5) is 10.8 Å². The van der Waals surface area contributed by atoms with E-state index in [0.717, 1.165) is 34.1 Å². The van der Waals surface area contributed by atoms with Gasteiger partial charge in [0, 0.05) is 24.3 Å². The van der Waals surface area contributed by atoms with E-state index in [1.54, 1.807) is 35.6 Å². The summed E-state index contributed by atoms with van der Waals surface area (Å²) in [5.41, 5.74) is 2.29. The summed E-state index contributed by atoms with van der Waals surface area (Å²) in [7, 11) is 0. The van der Waals surface area contributed by atoms with E-state index in [9.17, 15) is 9.59 Å². The van der Waals surface area contributed by atoms with Crippen molar-refractivity contribution in [2.24, 2.45) is 0 Å². The highest BCUT2D eigenvalue weighted by molar-refractivity contribution is 7.22. The molecule has 28 heavy (non-hydrogen) atoms. The van der Waals surface area contributed by atoms with E-state index in [1.807, 2.05) is 18.2 Å². The van der Waals surface area contributed by atoms with Gasteiger partial charge in [-0.25, -0.2) is 4.98 Å². The average molecular weight is 395 g/mol. The van der Waals surface area contributed by atoms with Crippen LogP contribution >= 0.6 is 11.3 Å². The van der Waals surface area contributed by atoms with Gasteiger partial charge in [0.1, 0.15) is 5.75 Å². The number of hydrogen-bond donors (Lipinski definition) is 1. The topological polar surface area (TPSA) is 71.5 Å². The zero-order valence-electron chi connectivity index (χ0n) is 15.6. The summed E-state index contributed by atoms with van der Waals surface area (Å²) >= 11 is 1.65. The summed E-state index contributed by atoms with van der Waals surface area (Å²) in [5.74, 6) is 0.309. The molecule has 2 heterocycles. The molecule has 1 fully saturated rings. The number of rotatable bonds is 6. The van der Waals surface area contributed by atoms with Crippen molar-refractivity contribution < 1.29 is 14.3 Å². The molecule has 1 N–H and O–H groups in total. The van der Waals surface area contributed by atoms with Crippen LogP contribution in [0.3, 0.4) is 0 Å². The molecule has 6 nitrogen and oxygen atoms in total. The normalized spacial score (nSPS) is 13.7. The lowest BCUT2D eigenvalue weighted by Crippen LogP contribution is -2.20. The minimum Gasteiger partial charge on any atom is -0.484 e. The van der Waals surface area contributed by atoms with Crippen LogP contribution in [0.25, 0.3) is 10.2 Å². The second kappa shape index (κ2) is 7.98. The van der Waals surface area contributed by atoms with E-state index in [1.165, 1.54) is 19.8 Å². The molecule has 1 saturated heterocycles. The Hall–Kier alpha value is -2.93. The lowest BCUT2D eigenvalue weighted by Gasteiger charge is -2.11. The number of nitrogens with one attached hydrogen (secondary N) is 1. The number of ketones is 1. The zero-order chi connectivity index (χ0) is 19.5. The molecule has 1 aromatic heterocycles. The highest BCUT2D eigenvalue weighted by Crippen LogP contribution is 2.32. The Morgan fingerprint density at radius 2 is 1.89 bits per heavy atom. The van der Waals surface area contributed by atoms with Crippen molar-refractivity contribution in [2.45, 2.75) is 19.8 Å². The lowest BCUT2D eigenvalue weighted by molar-refractivity contribution is -0.118. The maximum atomic E-state index is 12.2. The summed E-state index contributed by atoms with van der Waals surface area (Å²) in [5, 5.41) is 3.91. The highest BCUT2D eigenvalue weighted by Gasteiger charge is 2.16. The molecule has 2 aromatic carbocycles. The predicted octanol–water partition coefficient (Wildman–Crippen LogP) is 4.12. The van der Waals surface area contributed by atoms with Gasteiger partial charge in [-0.1, -0.05) is 11.3 Å². The maximum absolute atomic E-state index is 12.2. The first kappa shape index (κ1) is 18.4. The number of thiazole rings is 1. The van der Waals surface area contributed by atoms with Crippen molar-refractivity contribution in [1.82, 2.24) is 4.98 Å². The molecule has 0 unspecified atom stereocenters. The third-order valence-corrected chi connectivity index (χ3v) is 5.75. The summed E-state index contributed by atoms with van der Waals surface area (Å²) in [4.78, 5) is 30.5.